The number of pyridine rings is 1. The van der Waals surface area contributed by atoms with Crippen molar-refractivity contribution in [1.29, 1.82) is 0 Å². The number of carbonyl (C=O) groups excluding carboxylic acids is 1. The molecule has 1 unspecified atom stereocenters. The molecule has 1 amide bonds. The van der Waals surface area contributed by atoms with Crippen molar-refractivity contribution < 1.29 is 17.9 Å². The van der Waals surface area contributed by atoms with E-state index in [2.05, 4.69) is 15.1 Å². The number of sulfonamides is 1. The van der Waals surface area contributed by atoms with Gasteiger partial charge in [0.2, 0.25) is 5.69 Å². The second-order valence-electron chi connectivity index (χ2n) is 6.30. The predicted octanol–water partition coefficient (Wildman–Crippen LogP) is 1.99. The number of cyclic esters (lactones) is 1. The van der Waals surface area contributed by atoms with Gasteiger partial charge in [-0.25, -0.2) is 18.1 Å². The van der Waals surface area contributed by atoms with E-state index in [1.54, 1.807) is 30.5 Å². The zero-order valence-corrected chi connectivity index (χ0v) is 16.4. The quantitative estimate of drug-likeness (QED) is 0.762. The predicted molar refractivity (Wildman–Crippen MR) is 103 cm³/mol. The molecule has 0 aliphatic carbocycles. The topological polar surface area (TPSA) is 96.2 Å². The summed E-state index contributed by atoms with van der Waals surface area (Å²) in [6.45, 7) is 9.01. The maximum Gasteiger partial charge on any atom is 0.407 e. The van der Waals surface area contributed by atoms with Crippen LogP contribution in [-0.4, -0.2) is 56.6 Å². The Bertz CT molecular complexity index is 1040. The molecule has 0 aromatic carbocycles. The second-order valence-corrected chi connectivity index (χ2v) is 9.58. The Kier molecular flexibility index (Phi) is 4.92. The fraction of sp³-hybridized carbons (Fsp3) is 0.353. The van der Waals surface area contributed by atoms with Gasteiger partial charge in [0, 0.05) is 37.3 Å². The molecule has 0 saturated carbocycles. The van der Waals surface area contributed by atoms with Crippen LogP contribution in [0.1, 0.15) is 10.9 Å². The number of nitrogens with one attached hydrogen (secondary N) is 1. The third kappa shape index (κ3) is 3.42. The van der Waals surface area contributed by atoms with Crippen molar-refractivity contribution in [3.8, 4) is 0 Å². The maximum atomic E-state index is 13.0. The lowest BCUT2D eigenvalue weighted by molar-refractivity contribution is 0.177. The molecule has 0 spiro atoms. The number of aromatic nitrogens is 1. The molecule has 4 rings (SSSR count). The molecule has 2 aliphatic heterocycles. The second kappa shape index (κ2) is 7.38. The smallest absolute Gasteiger partial charge is 0.407 e. The van der Waals surface area contributed by atoms with Crippen LogP contribution in [-0.2, 0) is 14.8 Å². The van der Waals surface area contributed by atoms with Gasteiger partial charge in [0.15, 0.2) is 0 Å². The molecule has 9 nitrogen and oxygen atoms in total. The highest BCUT2D eigenvalue weighted by Crippen LogP contribution is 2.32. The van der Waals surface area contributed by atoms with Gasteiger partial charge in [-0.15, -0.1) is 11.3 Å². The molecule has 11 heteroatoms. The first-order valence-electron chi connectivity index (χ1n) is 8.59. The number of hydrogen-bond acceptors (Lipinski definition) is 7. The SMILES string of the molecule is [C-]#[N+]c1cccnc1N1CCN(S(=O)(=O)c2ccc(C3COC(=O)N3)s2)CC1. The number of nitrogens with zero attached hydrogens (tertiary/aromatic N) is 4. The van der Waals surface area contributed by atoms with E-state index in [0.29, 0.717) is 37.7 Å². The minimum atomic E-state index is -3.61. The lowest BCUT2D eigenvalue weighted by atomic mass is 10.3. The van der Waals surface area contributed by atoms with Crippen LogP contribution in [0.25, 0.3) is 4.85 Å². The van der Waals surface area contributed by atoms with E-state index in [-0.39, 0.29) is 16.9 Å². The van der Waals surface area contributed by atoms with Crippen LogP contribution in [0.4, 0.5) is 16.3 Å². The monoisotopic (exact) mass is 419 g/mol. The highest BCUT2D eigenvalue weighted by molar-refractivity contribution is 7.91. The minimum Gasteiger partial charge on any atom is -0.447 e. The lowest BCUT2D eigenvalue weighted by Crippen LogP contribution is -2.48. The highest BCUT2D eigenvalue weighted by atomic mass is 32.2. The van der Waals surface area contributed by atoms with E-state index in [0.717, 1.165) is 16.2 Å². The van der Waals surface area contributed by atoms with Gasteiger partial charge in [-0.2, -0.15) is 4.31 Å². The summed E-state index contributed by atoms with van der Waals surface area (Å²) in [5.74, 6) is 0.588. The van der Waals surface area contributed by atoms with Crippen LogP contribution in [0.2, 0.25) is 0 Å². The molecule has 1 N–H and O–H groups in total. The van der Waals surface area contributed by atoms with Gasteiger partial charge in [0.25, 0.3) is 10.0 Å². The van der Waals surface area contributed by atoms with E-state index >= 15 is 0 Å². The number of alkyl carbamates (subject to hydrolysis) is 1. The maximum absolute atomic E-state index is 13.0. The Morgan fingerprint density at radius 3 is 2.71 bits per heavy atom. The summed E-state index contributed by atoms with van der Waals surface area (Å²) in [6, 6.07) is 6.39. The van der Waals surface area contributed by atoms with E-state index < -0.39 is 16.1 Å². The summed E-state index contributed by atoms with van der Waals surface area (Å²) in [4.78, 5) is 21.6. The van der Waals surface area contributed by atoms with Crippen molar-refractivity contribution >= 4 is 39.0 Å². The molecule has 2 aliphatic rings. The number of carbonyl (C=O) groups is 1. The summed E-state index contributed by atoms with van der Waals surface area (Å²) in [7, 11) is -3.61. The fourth-order valence-corrected chi connectivity index (χ4v) is 6.12. The molecule has 4 heterocycles. The zero-order valence-electron chi connectivity index (χ0n) is 14.7. The van der Waals surface area contributed by atoms with Crippen molar-refractivity contribution in [3.05, 3.63) is 46.8 Å². The molecule has 146 valence electrons. The standard InChI is InChI=1S/C17H17N5O4S2/c1-18-12-3-2-6-19-16(12)21-7-9-22(10-8-21)28(24,25)15-5-4-14(27-15)13-11-26-17(23)20-13/h2-6,13H,7-11H2,(H,20,23). The third-order valence-electron chi connectivity index (χ3n) is 4.64. The van der Waals surface area contributed by atoms with Gasteiger partial charge in [-0.1, -0.05) is 12.1 Å². The molecular formula is C17H17N5O4S2. The summed E-state index contributed by atoms with van der Waals surface area (Å²) in [6.07, 6.45) is 1.14. The van der Waals surface area contributed by atoms with Crippen molar-refractivity contribution in [1.82, 2.24) is 14.6 Å². The molecule has 2 saturated heterocycles. The van der Waals surface area contributed by atoms with Gasteiger partial charge in [0.05, 0.1) is 6.57 Å². The van der Waals surface area contributed by atoms with Crippen LogP contribution in [0.15, 0.2) is 34.7 Å². The first-order valence-corrected chi connectivity index (χ1v) is 10.9. The molecule has 28 heavy (non-hydrogen) atoms. The average Bonchev–Trinajstić information content (AvgIpc) is 3.37. The Labute approximate surface area is 166 Å². The summed E-state index contributed by atoms with van der Waals surface area (Å²) >= 11 is 1.15. The van der Waals surface area contributed by atoms with Gasteiger partial charge in [-0.05, 0) is 12.1 Å². The van der Waals surface area contributed by atoms with E-state index in [9.17, 15) is 13.2 Å². The molecule has 1 atom stereocenters. The molecule has 2 fully saturated rings. The van der Waals surface area contributed by atoms with Crippen molar-refractivity contribution in [2.45, 2.75) is 10.3 Å². The van der Waals surface area contributed by atoms with Gasteiger partial charge in [-0.3, -0.25) is 4.98 Å². The fourth-order valence-electron chi connectivity index (χ4n) is 3.19. The third-order valence-corrected chi connectivity index (χ3v) is 8.20. The number of ether oxygens (including phenoxy) is 1. The minimum absolute atomic E-state index is 0.199. The Balaban J connectivity index is 1.46. The van der Waals surface area contributed by atoms with E-state index in [1.165, 1.54) is 4.31 Å². The normalized spacial score (nSPS) is 20.5. The first kappa shape index (κ1) is 18.7. The molecule has 0 radical (unpaired) electrons. The molecule has 2 aromatic rings. The zero-order chi connectivity index (χ0) is 19.7. The summed E-state index contributed by atoms with van der Waals surface area (Å²) in [5.41, 5.74) is 0.461. The van der Waals surface area contributed by atoms with Crippen LogP contribution in [0.5, 0.6) is 0 Å². The lowest BCUT2D eigenvalue weighted by Gasteiger charge is -2.34. The van der Waals surface area contributed by atoms with Gasteiger partial charge >= 0.3 is 6.09 Å². The Morgan fingerprint density at radius 2 is 2.04 bits per heavy atom. The van der Waals surface area contributed by atoms with Crippen molar-refractivity contribution in [2.75, 3.05) is 37.7 Å². The number of anilines is 1. The number of hydrogen-bond donors (Lipinski definition) is 1. The molecule has 0 bridgehead atoms. The molecule has 2 aromatic heterocycles. The van der Waals surface area contributed by atoms with Crippen LogP contribution < -0.4 is 10.2 Å². The largest absolute Gasteiger partial charge is 0.447 e. The Morgan fingerprint density at radius 1 is 1.25 bits per heavy atom. The molecular weight excluding hydrogens is 402 g/mol. The van der Waals surface area contributed by atoms with Gasteiger partial charge < -0.3 is 15.0 Å². The van der Waals surface area contributed by atoms with Crippen LogP contribution in [0.3, 0.4) is 0 Å². The first-order chi connectivity index (χ1) is 13.5. The number of piperazine rings is 1. The Hall–Kier alpha value is -2.68. The van der Waals surface area contributed by atoms with E-state index in [4.69, 9.17) is 11.3 Å². The average molecular weight is 419 g/mol. The van der Waals surface area contributed by atoms with E-state index in [1.807, 2.05) is 4.90 Å². The number of thiophene rings is 1. The highest BCUT2D eigenvalue weighted by Gasteiger charge is 2.32. The number of rotatable bonds is 4. The van der Waals surface area contributed by atoms with Crippen molar-refractivity contribution in [2.24, 2.45) is 0 Å². The summed E-state index contributed by atoms with van der Waals surface area (Å²) in [5, 5.41) is 2.65. The number of amides is 1. The van der Waals surface area contributed by atoms with Crippen LogP contribution >= 0.6 is 11.3 Å². The summed E-state index contributed by atoms with van der Waals surface area (Å²) < 4.78 is 32.5. The van der Waals surface area contributed by atoms with Gasteiger partial charge in [0.1, 0.15) is 22.7 Å². The van der Waals surface area contributed by atoms with Crippen LogP contribution in [0, 0.1) is 6.57 Å². The van der Waals surface area contributed by atoms with Crippen molar-refractivity contribution in [3.63, 3.8) is 0 Å².